The minimum Gasteiger partial charge on any atom is 0 e. The zero-order chi connectivity index (χ0) is 3.58. The van der Waals surface area contributed by atoms with Gasteiger partial charge < -0.3 is 0 Å². The van der Waals surface area contributed by atoms with Crippen LogP contribution in [0.4, 0.5) is 0 Å². The quantitative estimate of drug-likeness (QED) is 0.576. The first-order valence-electron chi connectivity index (χ1n) is 0.757. The largest absolute Gasteiger partial charge is 0 e. The van der Waals surface area contributed by atoms with E-state index in [4.69, 9.17) is 4.19 Å². The van der Waals surface area contributed by atoms with Crippen LogP contribution in [0.5, 0.6) is 0 Å². The second kappa shape index (κ2) is 5.02. The summed E-state index contributed by atoms with van der Waals surface area (Å²) in [5.74, 6) is 1.29. The summed E-state index contributed by atoms with van der Waals surface area (Å²) in [6.07, 6.45) is 0. The van der Waals surface area contributed by atoms with Gasteiger partial charge in [0.05, 0.1) is 0 Å². The van der Waals surface area contributed by atoms with Crippen LogP contribution in [0.25, 0.3) is 0 Å². The molecule has 0 aliphatic rings. The Balaban J connectivity index is 0. The first-order valence-corrected chi connectivity index (χ1v) is 3.94. The molecule has 0 aromatic heterocycles. The maximum atomic E-state index is 9.21. The van der Waals surface area contributed by atoms with Gasteiger partial charge in [0.2, 0.25) is 0 Å². The van der Waals surface area contributed by atoms with E-state index in [2.05, 4.69) is 0 Å². The Morgan fingerprint density at radius 3 is 1.80 bits per heavy atom. The van der Waals surface area contributed by atoms with Gasteiger partial charge in [-0.2, -0.15) is 0 Å². The van der Waals surface area contributed by atoms with Crippen LogP contribution >= 0.6 is 0 Å². The van der Waals surface area contributed by atoms with Gasteiger partial charge in [0.15, 0.2) is 0 Å². The minimum absolute atomic E-state index is 0. The molecule has 0 saturated heterocycles. The van der Waals surface area contributed by atoms with Crippen LogP contribution in [0.2, 0.25) is 5.82 Å². The summed E-state index contributed by atoms with van der Waals surface area (Å²) in [4.78, 5) is 0. The van der Waals surface area contributed by atoms with Crippen LogP contribution in [0.1, 0.15) is 0 Å². The van der Waals surface area contributed by atoms with Crippen molar-refractivity contribution in [3.8, 4) is 0 Å². The molecule has 0 aliphatic carbocycles. The Morgan fingerprint density at radius 1 is 1.80 bits per heavy atom. The molecule has 0 amide bonds. The normalized spacial score (nSPS) is 12.4. The van der Waals surface area contributed by atoms with Gasteiger partial charge >= 0.3 is 28.0 Å². The monoisotopic (exact) mass is 235 g/mol. The summed E-state index contributed by atoms with van der Waals surface area (Å²) in [6, 6.07) is 0. The maximum Gasteiger partial charge on any atom is 0 e. The molecule has 0 rings (SSSR count). The van der Waals surface area contributed by atoms with Gasteiger partial charge in [-0.3, -0.25) is 0 Å². The van der Waals surface area contributed by atoms with Crippen molar-refractivity contribution in [3.05, 3.63) is 0 Å². The van der Waals surface area contributed by atoms with Crippen molar-refractivity contribution in [2.45, 2.75) is 5.82 Å². The van der Waals surface area contributed by atoms with E-state index in [0.29, 0.717) is 0 Å². The fraction of sp³-hybridized carbons (Fsp3) is 1.00. The van der Waals surface area contributed by atoms with Crippen molar-refractivity contribution in [1.29, 1.82) is 0 Å². The molecule has 0 fully saturated rings. The maximum absolute atomic E-state index is 9.21. The molecule has 5 heavy (non-hydrogen) atoms. The van der Waals surface area contributed by atoms with E-state index in [1.165, 1.54) is 5.82 Å². The van der Waals surface area contributed by atoms with Crippen LogP contribution in [0.15, 0.2) is 0 Å². The van der Waals surface area contributed by atoms with Gasteiger partial charge in [-0.05, 0) is 0 Å². The summed E-state index contributed by atoms with van der Waals surface area (Å²) < 4.78 is 16.8. The van der Waals surface area contributed by atoms with Gasteiger partial charge in [0.25, 0.3) is 0 Å². The van der Waals surface area contributed by atoms with Gasteiger partial charge in [0, 0.05) is 22.4 Å². The van der Waals surface area contributed by atoms with Crippen molar-refractivity contribution >= 4 is 14.2 Å². The third kappa shape index (κ3) is 44.0. The molecule has 1 N–H and O–H groups in total. The average molecular weight is 235 g/mol. The van der Waals surface area contributed by atoms with Crippen LogP contribution < -0.4 is 0 Å². The third-order valence-electron chi connectivity index (χ3n) is 0. The Labute approximate surface area is 50.5 Å². The first-order chi connectivity index (χ1) is 1.73. The van der Waals surface area contributed by atoms with Gasteiger partial charge in [0.1, 0.15) is 0 Å². The summed E-state index contributed by atoms with van der Waals surface area (Å²) in [6.45, 7) is 0. The first kappa shape index (κ1) is 9.39. The molecule has 0 aromatic carbocycles. The predicted molar refractivity (Wildman–Crippen MR) is 14.5 cm³/mol. The molecule has 0 spiro atoms. The second-order valence-corrected chi connectivity index (χ2v) is 2.20. The Morgan fingerprint density at radius 2 is 1.80 bits per heavy atom. The molecular formula is CH4AgO2Se. The van der Waals surface area contributed by atoms with Crippen molar-refractivity contribution in [3.63, 3.8) is 0 Å². The van der Waals surface area contributed by atoms with Crippen LogP contribution in [0.3, 0.4) is 0 Å². The van der Waals surface area contributed by atoms with E-state index >= 15 is 0 Å². The van der Waals surface area contributed by atoms with Gasteiger partial charge in [-0.1, -0.05) is 0 Å². The molecule has 1 unspecified atom stereocenters. The predicted octanol–water partition coefficient (Wildman–Crippen LogP) is -0.475. The van der Waals surface area contributed by atoms with Crippen molar-refractivity contribution in [2.75, 3.05) is 0 Å². The molecule has 0 aromatic rings. The Bertz CT molecular complexity index is 32.6. The molecule has 1 atom stereocenters. The van der Waals surface area contributed by atoms with Gasteiger partial charge in [-0.25, -0.2) is 0 Å². The molecule has 0 saturated carbocycles. The van der Waals surface area contributed by atoms with E-state index in [1.807, 2.05) is 0 Å². The Hall–Kier alpha value is 1.02. The summed E-state index contributed by atoms with van der Waals surface area (Å²) in [5, 5.41) is 0. The molecule has 4 heteroatoms. The van der Waals surface area contributed by atoms with Crippen LogP contribution in [-0.4, -0.2) is 18.4 Å². The number of hydrogen-bond acceptors (Lipinski definition) is 1. The molecule has 37 valence electrons. The minimum atomic E-state index is -2.29. The molecule has 0 bridgehead atoms. The van der Waals surface area contributed by atoms with E-state index in [1.54, 1.807) is 0 Å². The van der Waals surface area contributed by atoms with E-state index in [0.717, 1.165) is 0 Å². The van der Waals surface area contributed by atoms with Crippen molar-refractivity contribution < 1.29 is 30.4 Å². The van der Waals surface area contributed by atoms with Crippen molar-refractivity contribution in [1.82, 2.24) is 0 Å². The zero-order valence-electron chi connectivity index (χ0n) is 2.57. The van der Waals surface area contributed by atoms with E-state index < -0.39 is 14.2 Å². The fourth-order valence-corrected chi connectivity index (χ4v) is 0. The SMILES string of the molecule is C[Se](=O)O.[Ag]. The summed E-state index contributed by atoms with van der Waals surface area (Å²) >= 11 is -2.29. The average Bonchev–Trinajstić information content (AvgIpc) is 0.811. The number of rotatable bonds is 0. The molecule has 2 nitrogen and oxygen atoms in total. The molecule has 0 heterocycles. The zero-order valence-corrected chi connectivity index (χ0v) is 5.76. The number of hydrogen-bond donors (Lipinski definition) is 1. The standard InChI is InChI=1S/CH4O2Se.Ag/c1-4(2)3;/h1H3,(H,2,3);. The Kier molecular flexibility index (Phi) is 9.42. The second-order valence-electron chi connectivity index (χ2n) is 0.424. The van der Waals surface area contributed by atoms with Crippen LogP contribution in [0, 0.1) is 0 Å². The topological polar surface area (TPSA) is 37.3 Å². The summed E-state index contributed by atoms with van der Waals surface area (Å²) in [7, 11) is 0. The molecular weight excluding hydrogens is 231 g/mol. The van der Waals surface area contributed by atoms with Gasteiger partial charge in [-0.15, -0.1) is 0 Å². The van der Waals surface area contributed by atoms with E-state index in [9.17, 15) is 3.83 Å². The third-order valence-corrected chi connectivity index (χ3v) is 0. The van der Waals surface area contributed by atoms with Crippen LogP contribution in [-0.2, 0) is 26.2 Å². The van der Waals surface area contributed by atoms with Crippen molar-refractivity contribution in [2.24, 2.45) is 0 Å². The fourth-order valence-electron chi connectivity index (χ4n) is 0. The smallest absolute Gasteiger partial charge is 0 e. The van der Waals surface area contributed by atoms with E-state index in [-0.39, 0.29) is 22.4 Å². The molecule has 0 aliphatic heterocycles. The molecule has 1 radical (unpaired) electrons. The summed E-state index contributed by atoms with van der Waals surface area (Å²) in [5.41, 5.74) is 0.